The van der Waals surface area contributed by atoms with Gasteiger partial charge in [0.15, 0.2) is 0 Å². The highest BCUT2D eigenvalue weighted by Gasteiger charge is 2.18. The van der Waals surface area contributed by atoms with Crippen LogP contribution >= 0.6 is 0 Å². The zero-order chi connectivity index (χ0) is 14.5. The molecule has 0 aliphatic carbocycles. The number of carbonyl (C=O) groups is 1. The molecule has 1 aromatic rings. The summed E-state index contributed by atoms with van der Waals surface area (Å²) in [6.45, 7) is 6.68. The van der Waals surface area contributed by atoms with Crippen molar-refractivity contribution < 1.29 is 9.90 Å². The molecule has 0 spiro atoms. The molecule has 0 aromatic heterocycles. The summed E-state index contributed by atoms with van der Waals surface area (Å²) < 4.78 is 0. The maximum atomic E-state index is 12.1. The number of carbonyl (C=O) groups excluding carboxylic acids is 1. The molecule has 1 amide bonds. The van der Waals surface area contributed by atoms with Crippen LogP contribution in [0.25, 0.3) is 0 Å². The van der Waals surface area contributed by atoms with Gasteiger partial charge in [0.1, 0.15) is 0 Å². The average molecular weight is 276 g/mol. The van der Waals surface area contributed by atoms with Crippen LogP contribution in [0.5, 0.6) is 0 Å². The van der Waals surface area contributed by atoms with Gasteiger partial charge in [-0.25, -0.2) is 0 Å². The van der Waals surface area contributed by atoms with E-state index in [-0.39, 0.29) is 12.5 Å². The molecule has 1 aliphatic rings. The molecule has 0 atom stereocenters. The second kappa shape index (κ2) is 6.86. The fourth-order valence-electron chi connectivity index (χ4n) is 2.52. The summed E-state index contributed by atoms with van der Waals surface area (Å²) >= 11 is 0. The number of aryl methyl sites for hydroxylation is 1. The highest BCUT2D eigenvalue weighted by atomic mass is 16.3. The van der Waals surface area contributed by atoms with Crippen LogP contribution in [0.1, 0.15) is 30.9 Å². The minimum Gasteiger partial charge on any atom is -0.392 e. The topological polar surface area (TPSA) is 52.6 Å². The third kappa shape index (κ3) is 4.05. The molecule has 1 fully saturated rings. The van der Waals surface area contributed by atoms with Crippen LogP contribution in [0.4, 0.5) is 5.69 Å². The molecule has 4 nitrogen and oxygen atoms in total. The van der Waals surface area contributed by atoms with E-state index in [0.717, 1.165) is 35.8 Å². The molecule has 1 heterocycles. The van der Waals surface area contributed by atoms with Crippen LogP contribution in [0.2, 0.25) is 0 Å². The maximum absolute atomic E-state index is 12.1. The van der Waals surface area contributed by atoms with Gasteiger partial charge in [0.05, 0.1) is 13.2 Å². The third-order valence-electron chi connectivity index (χ3n) is 4.00. The van der Waals surface area contributed by atoms with Crippen LogP contribution in [0, 0.1) is 12.8 Å². The van der Waals surface area contributed by atoms with Crippen molar-refractivity contribution in [3.05, 3.63) is 29.3 Å². The largest absolute Gasteiger partial charge is 0.392 e. The predicted octanol–water partition coefficient (Wildman–Crippen LogP) is 2.16. The molecular weight excluding hydrogens is 252 g/mol. The standard InChI is InChI=1S/C16H24N2O2/c1-12-5-7-18(8-6-12)10-16(20)17-15-9-14(11-19)4-3-13(15)2/h3-4,9,12,19H,5-8,10-11H2,1-2H3,(H,17,20). The van der Waals surface area contributed by atoms with E-state index in [1.807, 2.05) is 25.1 Å². The number of benzene rings is 1. The van der Waals surface area contributed by atoms with Gasteiger partial charge < -0.3 is 10.4 Å². The van der Waals surface area contributed by atoms with E-state index in [0.29, 0.717) is 6.54 Å². The van der Waals surface area contributed by atoms with Gasteiger partial charge >= 0.3 is 0 Å². The van der Waals surface area contributed by atoms with Crippen LogP contribution in [-0.4, -0.2) is 35.5 Å². The maximum Gasteiger partial charge on any atom is 0.238 e. The number of hydrogen-bond acceptors (Lipinski definition) is 3. The smallest absolute Gasteiger partial charge is 0.238 e. The van der Waals surface area contributed by atoms with E-state index in [1.165, 1.54) is 12.8 Å². The number of anilines is 1. The lowest BCUT2D eigenvalue weighted by Gasteiger charge is -2.29. The Balaban J connectivity index is 1.91. The van der Waals surface area contributed by atoms with Crippen molar-refractivity contribution in [2.75, 3.05) is 25.0 Å². The number of hydrogen-bond donors (Lipinski definition) is 2. The van der Waals surface area contributed by atoms with E-state index in [2.05, 4.69) is 17.1 Å². The molecule has 4 heteroatoms. The molecule has 1 saturated heterocycles. The van der Waals surface area contributed by atoms with Crippen molar-refractivity contribution in [3.63, 3.8) is 0 Å². The molecule has 0 saturated carbocycles. The van der Waals surface area contributed by atoms with E-state index in [1.54, 1.807) is 0 Å². The van der Waals surface area contributed by atoms with Crippen molar-refractivity contribution in [1.82, 2.24) is 4.90 Å². The van der Waals surface area contributed by atoms with E-state index in [4.69, 9.17) is 5.11 Å². The van der Waals surface area contributed by atoms with Crippen LogP contribution in [0.3, 0.4) is 0 Å². The second-order valence-electron chi connectivity index (χ2n) is 5.81. The summed E-state index contributed by atoms with van der Waals surface area (Å²) in [5.41, 5.74) is 2.63. The van der Waals surface area contributed by atoms with Crippen molar-refractivity contribution >= 4 is 11.6 Å². The highest BCUT2D eigenvalue weighted by Crippen LogP contribution is 2.18. The molecule has 1 aliphatic heterocycles. The van der Waals surface area contributed by atoms with E-state index >= 15 is 0 Å². The van der Waals surface area contributed by atoms with Gasteiger partial charge in [-0.05, 0) is 56.0 Å². The lowest BCUT2D eigenvalue weighted by molar-refractivity contribution is -0.117. The van der Waals surface area contributed by atoms with Crippen molar-refractivity contribution in [3.8, 4) is 0 Å². The van der Waals surface area contributed by atoms with Gasteiger partial charge in [-0.3, -0.25) is 9.69 Å². The van der Waals surface area contributed by atoms with Gasteiger partial charge in [0, 0.05) is 5.69 Å². The summed E-state index contributed by atoms with van der Waals surface area (Å²) in [4.78, 5) is 14.3. The molecule has 0 radical (unpaired) electrons. The molecule has 2 rings (SSSR count). The van der Waals surface area contributed by atoms with Gasteiger partial charge in [-0.15, -0.1) is 0 Å². The average Bonchev–Trinajstić information content (AvgIpc) is 2.44. The second-order valence-corrected chi connectivity index (χ2v) is 5.81. The normalized spacial score (nSPS) is 17.1. The summed E-state index contributed by atoms with van der Waals surface area (Å²) in [5.74, 6) is 0.801. The Labute approximate surface area is 120 Å². The summed E-state index contributed by atoms with van der Waals surface area (Å²) in [6.07, 6.45) is 2.35. The lowest BCUT2D eigenvalue weighted by atomic mass is 9.99. The summed E-state index contributed by atoms with van der Waals surface area (Å²) in [5, 5.41) is 12.1. The molecule has 20 heavy (non-hydrogen) atoms. The Morgan fingerprint density at radius 3 is 2.75 bits per heavy atom. The number of amides is 1. The first-order chi connectivity index (χ1) is 9.58. The number of nitrogens with one attached hydrogen (secondary N) is 1. The fraction of sp³-hybridized carbons (Fsp3) is 0.562. The third-order valence-corrected chi connectivity index (χ3v) is 4.00. The van der Waals surface area contributed by atoms with Gasteiger partial charge in [0.2, 0.25) is 5.91 Å². The van der Waals surface area contributed by atoms with Crippen molar-refractivity contribution in [2.24, 2.45) is 5.92 Å². The fourth-order valence-corrected chi connectivity index (χ4v) is 2.52. The number of aliphatic hydroxyl groups excluding tert-OH is 1. The van der Waals surface area contributed by atoms with Gasteiger partial charge in [0.25, 0.3) is 0 Å². The minimum absolute atomic E-state index is 0.00678. The first-order valence-corrected chi connectivity index (χ1v) is 7.31. The summed E-state index contributed by atoms with van der Waals surface area (Å²) in [6, 6.07) is 5.63. The molecule has 0 unspecified atom stereocenters. The zero-order valence-electron chi connectivity index (χ0n) is 12.4. The zero-order valence-corrected chi connectivity index (χ0v) is 12.4. The number of rotatable bonds is 4. The molecule has 2 N–H and O–H groups in total. The van der Waals surface area contributed by atoms with Crippen molar-refractivity contribution in [1.29, 1.82) is 0 Å². The Hall–Kier alpha value is -1.39. The Bertz CT molecular complexity index is 466. The molecular formula is C16H24N2O2. The monoisotopic (exact) mass is 276 g/mol. The quantitative estimate of drug-likeness (QED) is 0.886. The molecule has 110 valence electrons. The SMILES string of the molecule is Cc1ccc(CO)cc1NC(=O)CN1CCC(C)CC1. The first-order valence-electron chi connectivity index (χ1n) is 7.31. The number of nitrogens with zero attached hydrogens (tertiary/aromatic N) is 1. The predicted molar refractivity (Wildman–Crippen MR) is 80.6 cm³/mol. The van der Waals surface area contributed by atoms with Crippen LogP contribution in [0.15, 0.2) is 18.2 Å². The Morgan fingerprint density at radius 1 is 1.40 bits per heavy atom. The van der Waals surface area contributed by atoms with Gasteiger partial charge in [-0.1, -0.05) is 19.1 Å². The van der Waals surface area contributed by atoms with Crippen molar-refractivity contribution in [2.45, 2.75) is 33.3 Å². The highest BCUT2D eigenvalue weighted by molar-refractivity contribution is 5.93. The molecule has 1 aromatic carbocycles. The first kappa shape index (κ1) is 15.0. The Morgan fingerprint density at radius 2 is 2.10 bits per heavy atom. The van der Waals surface area contributed by atoms with E-state index in [9.17, 15) is 4.79 Å². The number of aliphatic hydroxyl groups is 1. The van der Waals surface area contributed by atoms with E-state index < -0.39 is 0 Å². The summed E-state index contributed by atoms with van der Waals surface area (Å²) in [7, 11) is 0. The van der Waals surface area contributed by atoms with Crippen LogP contribution in [-0.2, 0) is 11.4 Å². The number of piperidine rings is 1. The van der Waals surface area contributed by atoms with Gasteiger partial charge in [-0.2, -0.15) is 0 Å². The lowest BCUT2D eigenvalue weighted by Crippen LogP contribution is -2.38. The number of likely N-dealkylation sites (tertiary alicyclic amines) is 1. The van der Waals surface area contributed by atoms with Crippen LogP contribution < -0.4 is 5.32 Å². The minimum atomic E-state index is -0.00678. The Kier molecular flexibility index (Phi) is 5.15. The molecule has 0 bridgehead atoms.